The lowest BCUT2D eigenvalue weighted by atomic mass is 9.92. The Labute approximate surface area is 195 Å². The van der Waals surface area contributed by atoms with Crippen molar-refractivity contribution in [3.63, 3.8) is 0 Å². The first-order valence-electron chi connectivity index (χ1n) is 10.4. The molecule has 4 rings (SSSR count). The molecule has 2 aromatic carbocycles. The molecule has 1 aliphatic heterocycles. The van der Waals surface area contributed by atoms with Crippen LogP contribution in [0.25, 0.3) is 0 Å². The molecule has 2 heterocycles. The topological polar surface area (TPSA) is 124 Å². The number of amides is 1. The van der Waals surface area contributed by atoms with Crippen LogP contribution in [0.2, 0.25) is 0 Å². The number of nitrogens with zero attached hydrogens (tertiary/aromatic N) is 2. The van der Waals surface area contributed by atoms with Gasteiger partial charge in [-0.2, -0.15) is 10.2 Å². The van der Waals surface area contributed by atoms with E-state index >= 15 is 0 Å². The van der Waals surface area contributed by atoms with Crippen LogP contribution in [0, 0.1) is 0 Å². The number of hydrogen-bond acceptors (Lipinski definition) is 8. The molecule has 1 aromatic heterocycles. The largest absolute Gasteiger partial charge is 0.493 e. The average molecular weight is 464 g/mol. The Balaban J connectivity index is 1.40. The molecule has 0 saturated carbocycles. The molecule has 0 fully saturated rings. The molecule has 1 aliphatic rings. The average Bonchev–Trinajstić information content (AvgIpc) is 3.49. The molecule has 0 unspecified atom stereocenters. The van der Waals surface area contributed by atoms with Crippen molar-refractivity contribution in [2.75, 3.05) is 13.9 Å². The molecule has 1 amide bonds. The maximum atomic E-state index is 12.6. The van der Waals surface area contributed by atoms with Gasteiger partial charge in [-0.1, -0.05) is 20.8 Å². The Hall–Kier alpha value is -4.34. The van der Waals surface area contributed by atoms with Crippen molar-refractivity contribution in [2.45, 2.75) is 26.2 Å². The predicted octanol–water partition coefficient (Wildman–Crippen LogP) is 3.43. The van der Waals surface area contributed by atoms with Crippen LogP contribution >= 0.6 is 0 Å². The smallest absolute Gasteiger partial charge is 0.343 e. The summed E-state index contributed by atoms with van der Waals surface area (Å²) in [4.78, 5) is 24.8. The van der Waals surface area contributed by atoms with E-state index in [4.69, 9.17) is 18.9 Å². The Morgan fingerprint density at radius 2 is 1.88 bits per heavy atom. The first-order chi connectivity index (χ1) is 16.2. The quantitative estimate of drug-likeness (QED) is 0.248. The number of hydrogen-bond donors (Lipinski definition) is 2. The monoisotopic (exact) mass is 464 g/mol. The molecule has 0 aliphatic carbocycles. The lowest BCUT2D eigenvalue weighted by Crippen LogP contribution is -2.18. The number of aromatic nitrogens is 2. The number of methoxy groups -OCH3 is 1. The highest BCUT2D eigenvalue weighted by molar-refractivity contribution is 5.94. The fourth-order valence-electron chi connectivity index (χ4n) is 3.08. The number of aromatic amines is 1. The van der Waals surface area contributed by atoms with Gasteiger partial charge in [-0.15, -0.1) is 0 Å². The minimum Gasteiger partial charge on any atom is -0.493 e. The van der Waals surface area contributed by atoms with E-state index in [0.29, 0.717) is 28.4 Å². The lowest BCUT2D eigenvalue weighted by Gasteiger charge is -2.14. The van der Waals surface area contributed by atoms with Gasteiger partial charge in [-0.3, -0.25) is 9.89 Å². The van der Waals surface area contributed by atoms with Gasteiger partial charge in [0.1, 0.15) is 0 Å². The van der Waals surface area contributed by atoms with Gasteiger partial charge >= 0.3 is 5.97 Å². The van der Waals surface area contributed by atoms with E-state index in [1.165, 1.54) is 13.3 Å². The second-order valence-electron chi connectivity index (χ2n) is 8.48. The number of ether oxygens (including phenoxy) is 4. The fraction of sp³-hybridized carbons (Fsp3) is 0.250. The second-order valence-corrected chi connectivity index (χ2v) is 8.48. The summed E-state index contributed by atoms with van der Waals surface area (Å²) in [6.07, 6.45) is 1.45. The van der Waals surface area contributed by atoms with Crippen molar-refractivity contribution < 1.29 is 28.5 Å². The molecular formula is C24H24N4O6. The van der Waals surface area contributed by atoms with Crippen molar-refractivity contribution in [3.8, 4) is 23.0 Å². The van der Waals surface area contributed by atoms with Gasteiger partial charge in [0.25, 0.3) is 5.91 Å². The van der Waals surface area contributed by atoms with Crippen LogP contribution in [0.4, 0.5) is 0 Å². The number of nitrogens with one attached hydrogen (secondary N) is 2. The van der Waals surface area contributed by atoms with Crippen LogP contribution < -0.4 is 24.4 Å². The van der Waals surface area contributed by atoms with E-state index in [9.17, 15) is 9.59 Å². The SMILES string of the molecule is COc1cc(/C=N\NC(=O)c2cc(C(C)(C)C)[nH]n2)ccc1OC(=O)c1ccc2c(c1)OCO2. The summed E-state index contributed by atoms with van der Waals surface area (Å²) in [7, 11) is 1.46. The van der Waals surface area contributed by atoms with Crippen LogP contribution in [-0.2, 0) is 5.41 Å². The Kier molecular flexibility index (Phi) is 6.22. The van der Waals surface area contributed by atoms with Gasteiger partial charge in [0.2, 0.25) is 6.79 Å². The van der Waals surface area contributed by atoms with Gasteiger partial charge < -0.3 is 18.9 Å². The number of carbonyl (C=O) groups is 2. The molecule has 10 heteroatoms. The van der Waals surface area contributed by atoms with Gasteiger partial charge in [-0.25, -0.2) is 10.2 Å². The van der Waals surface area contributed by atoms with Crippen LogP contribution in [0.3, 0.4) is 0 Å². The molecule has 10 nitrogen and oxygen atoms in total. The molecule has 0 saturated heterocycles. The van der Waals surface area contributed by atoms with E-state index in [0.717, 1.165) is 5.69 Å². The summed E-state index contributed by atoms with van der Waals surface area (Å²) < 4.78 is 21.4. The first kappa shape index (κ1) is 22.8. The zero-order valence-corrected chi connectivity index (χ0v) is 19.2. The van der Waals surface area contributed by atoms with Crippen molar-refractivity contribution in [1.29, 1.82) is 0 Å². The molecule has 0 spiro atoms. The third-order valence-corrected chi connectivity index (χ3v) is 5.00. The standard InChI is InChI=1S/C24H24N4O6/c1-24(2,3)21-11-16(26-27-21)22(29)28-25-12-14-5-7-18(19(9-14)31-4)34-23(30)15-6-8-17-20(10-15)33-13-32-17/h5-12H,13H2,1-4H3,(H,26,27)(H,28,29)/b25-12-. The third kappa shape index (κ3) is 5.01. The molecule has 2 N–H and O–H groups in total. The number of benzene rings is 2. The number of rotatable bonds is 6. The Bertz CT molecular complexity index is 1260. The van der Waals surface area contributed by atoms with Crippen LogP contribution in [-0.4, -0.2) is 42.2 Å². The van der Waals surface area contributed by atoms with Gasteiger partial charge in [0, 0.05) is 11.1 Å². The molecule has 176 valence electrons. The lowest BCUT2D eigenvalue weighted by molar-refractivity contribution is 0.0729. The van der Waals surface area contributed by atoms with Crippen molar-refractivity contribution in [2.24, 2.45) is 5.10 Å². The van der Waals surface area contributed by atoms with Crippen molar-refractivity contribution >= 4 is 18.1 Å². The van der Waals surface area contributed by atoms with Crippen molar-refractivity contribution in [1.82, 2.24) is 15.6 Å². The highest BCUT2D eigenvalue weighted by atomic mass is 16.7. The van der Waals surface area contributed by atoms with Gasteiger partial charge in [0.05, 0.1) is 18.9 Å². The van der Waals surface area contributed by atoms with E-state index < -0.39 is 11.9 Å². The number of hydrazone groups is 1. The first-order valence-corrected chi connectivity index (χ1v) is 10.4. The number of H-pyrrole nitrogens is 1. The Morgan fingerprint density at radius 3 is 2.62 bits per heavy atom. The zero-order valence-electron chi connectivity index (χ0n) is 19.2. The number of carbonyl (C=O) groups excluding carboxylic acids is 2. The zero-order chi connectivity index (χ0) is 24.3. The Morgan fingerprint density at radius 1 is 1.09 bits per heavy atom. The summed E-state index contributed by atoms with van der Waals surface area (Å²) in [6, 6.07) is 11.4. The number of esters is 1. The van der Waals surface area contributed by atoms with Crippen LogP contribution in [0.1, 0.15) is 52.9 Å². The molecule has 3 aromatic rings. The minimum atomic E-state index is -0.570. The summed E-state index contributed by atoms with van der Waals surface area (Å²) >= 11 is 0. The summed E-state index contributed by atoms with van der Waals surface area (Å²) in [5, 5.41) is 10.9. The van der Waals surface area contributed by atoms with Crippen LogP contribution in [0.5, 0.6) is 23.0 Å². The molecule has 0 radical (unpaired) electrons. The normalized spacial score (nSPS) is 12.6. The number of fused-ring (bicyclic) bond motifs is 1. The van der Waals surface area contributed by atoms with Gasteiger partial charge in [0.15, 0.2) is 28.7 Å². The fourth-order valence-corrected chi connectivity index (χ4v) is 3.08. The minimum absolute atomic E-state index is 0.116. The highest BCUT2D eigenvalue weighted by Crippen LogP contribution is 2.34. The summed E-state index contributed by atoms with van der Waals surface area (Å²) in [5.74, 6) is 0.610. The predicted molar refractivity (Wildman–Crippen MR) is 123 cm³/mol. The second kappa shape index (κ2) is 9.26. The van der Waals surface area contributed by atoms with E-state index in [-0.39, 0.29) is 23.7 Å². The van der Waals surface area contributed by atoms with Gasteiger partial charge in [-0.05, 0) is 48.0 Å². The van der Waals surface area contributed by atoms with Crippen LogP contribution in [0.15, 0.2) is 47.6 Å². The highest BCUT2D eigenvalue weighted by Gasteiger charge is 2.20. The maximum absolute atomic E-state index is 12.6. The van der Waals surface area contributed by atoms with E-state index in [1.54, 1.807) is 42.5 Å². The van der Waals surface area contributed by atoms with Crippen molar-refractivity contribution in [3.05, 3.63) is 65.0 Å². The molecule has 0 atom stereocenters. The molecule has 0 bridgehead atoms. The van der Waals surface area contributed by atoms with E-state index in [2.05, 4.69) is 20.7 Å². The molecule has 34 heavy (non-hydrogen) atoms. The molecular weight excluding hydrogens is 440 g/mol. The van der Waals surface area contributed by atoms with E-state index in [1.807, 2.05) is 20.8 Å². The summed E-state index contributed by atoms with van der Waals surface area (Å²) in [6.45, 7) is 6.17. The summed E-state index contributed by atoms with van der Waals surface area (Å²) in [5.41, 5.74) is 4.31. The third-order valence-electron chi connectivity index (χ3n) is 5.00. The maximum Gasteiger partial charge on any atom is 0.343 e.